The first kappa shape index (κ1) is 15.9. The molecule has 0 aliphatic carbocycles. The lowest BCUT2D eigenvalue weighted by atomic mass is 9.84. The molecule has 0 aromatic heterocycles. The van der Waals surface area contributed by atoms with Gasteiger partial charge in [-0.2, -0.15) is 0 Å². The lowest BCUT2D eigenvalue weighted by Gasteiger charge is -2.29. The molecule has 2 nitrogen and oxygen atoms in total. The largest absolute Gasteiger partial charge is 0.491 e. The second-order valence-corrected chi connectivity index (χ2v) is 5.73. The van der Waals surface area contributed by atoms with Crippen molar-refractivity contribution in [2.75, 3.05) is 5.88 Å². The number of hydrogen-bond acceptors (Lipinski definition) is 2. The molecule has 0 heterocycles. The van der Waals surface area contributed by atoms with Crippen molar-refractivity contribution >= 4 is 11.6 Å². The van der Waals surface area contributed by atoms with Gasteiger partial charge in [0.2, 0.25) is 0 Å². The van der Waals surface area contributed by atoms with E-state index in [1.165, 1.54) is 0 Å². The van der Waals surface area contributed by atoms with E-state index >= 15 is 0 Å². The Morgan fingerprint density at radius 2 is 1.57 bits per heavy atom. The van der Waals surface area contributed by atoms with Gasteiger partial charge in [0, 0.05) is 5.88 Å². The zero-order valence-electron chi connectivity index (χ0n) is 12.4. The number of rotatable bonds is 6. The van der Waals surface area contributed by atoms with Crippen LogP contribution in [0.15, 0.2) is 54.6 Å². The maximum atomic E-state index is 11.1. The zero-order valence-corrected chi connectivity index (χ0v) is 13.2. The summed E-state index contributed by atoms with van der Waals surface area (Å²) in [5.74, 6) is 1.19. The van der Waals surface area contributed by atoms with Gasteiger partial charge in [0.1, 0.15) is 11.4 Å². The quantitative estimate of drug-likeness (QED) is 0.805. The van der Waals surface area contributed by atoms with E-state index in [9.17, 15) is 5.11 Å². The molecule has 0 saturated heterocycles. The fourth-order valence-electron chi connectivity index (χ4n) is 2.39. The predicted octanol–water partition coefficient (Wildman–Crippen LogP) is 4.34. The highest BCUT2D eigenvalue weighted by Crippen LogP contribution is 2.34. The minimum absolute atomic E-state index is 0.131. The summed E-state index contributed by atoms with van der Waals surface area (Å²) in [7, 11) is 0. The predicted molar refractivity (Wildman–Crippen MR) is 87.0 cm³/mol. The number of aliphatic hydroxyl groups is 1. The van der Waals surface area contributed by atoms with Crippen LogP contribution in [0.2, 0.25) is 0 Å². The third kappa shape index (κ3) is 3.78. The Bertz CT molecular complexity index is 551. The Kier molecular flexibility index (Phi) is 5.27. The van der Waals surface area contributed by atoms with Crippen LogP contribution in [0.25, 0.3) is 0 Å². The van der Waals surface area contributed by atoms with Crippen molar-refractivity contribution in [1.29, 1.82) is 0 Å². The minimum atomic E-state index is -1.07. The summed E-state index contributed by atoms with van der Waals surface area (Å²) in [5, 5.41) is 11.1. The molecule has 2 rings (SSSR count). The number of ether oxygens (including phenoxy) is 1. The van der Waals surface area contributed by atoms with Crippen molar-refractivity contribution in [3.8, 4) is 5.75 Å². The second-order valence-electron chi connectivity index (χ2n) is 5.36. The molecule has 1 unspecified atom stereocenters. The summed E-state index contributed by atoms with van der Waals surface area (Å²) >= 11 is 5.90. The molecule has 1 N–H and O–H groups in total. The van der Waals surface area contributed by atoms with E-state index in [0.717, 1.165) is 16.9 Å². The van der Waals surface area contributed by atoms with Crippen molar-refractivity contribution in [3.63, 3.8) is 0 Å². The molecule has 0 aliphatic rings. The first-order valence-corrected chi connectivity index (χ1v) is 7.71. The minimum Gasteiger partial charge on any atom is -0.491 e. The van der Waals surface area contributed by atoms with Crippen LogP contribution in [0, 0.1) is 0 Å². The van der Waals surface area contributed by atoms with Crippen LogP contribution in [-0.4, -0.2) is 17.1 Å². The van der Waals surface area contributed by atoms with Crippen LogP contribution >= 0.6 is 11.6 Å². The smallest absolute Gasteiger partial charge is 0.119 e. The van der Waals surface area contributed by atoms with Crippen molar-refractivity contribution in [2.24, 2.45) is 0 Å². The highest BCUT2D eigenvalue weighted by Gasteiger charge is 2.30. The lowest BCUT2D eigenvalue weighted by molar-refractivity contribution is 0.0774. The average Bonchev–Trinajstić information content (AvgIpc) is 2.48. The number of alkyl halides is 1. The molecule has 0 radical (unpaired) electrons. The first-order valence-electron chi connectivity index (χ1n) is 7.17. The summed E-state index contributed by atoms with van der Waals surface area (Å²) < 4.78 is 5.64. The van der Waals surface area contributed by atoms with Gasteiger partial charge < -0.3 is 9.84 Å². The van der Waals surface area contributed by atoms with Gasteiger partial charge in [-0.1, -0.05) is 42.5 Å². The number of benzene rings is 2. The zero-order chi connectivity index (χ0) is 15.3. The number of hydrogen-bond donors (Lipinski definition) is 1. The van der Waals surface area contributed by atoms with Gasteiger partial charge in [0.15, 0.2) is 0 Å². The molecular formula is C18H21ClO2. The Labute approximate surface area is 131 Å². The summed E-state index contributed by atoms with van der Waals surface area (Å²) in [5.41, 5.74) is 0.605. The maximum absolute atomic E-state index is 11.1. The van der Waals surface area contributed by atoms with Crippen molar-refractivity contribution in [1.82, 2.24) is 0 Å². The van der Waals surface area contributed by atoms with Crippen molar-refractivity contribution < 1.29 is 9.84 Å². The van der Waals surface area contributed by atoms with Gasteiger partial charge in [-0.25, -0.2) is 0 Å². The van der Waals surface area contributed by atoms with E-state index in [-0.39, 0.29) is 6.10 Å². The molecule has 21 heavy (non-hydrogen) atoms. The molecule has 0 spiro atoms. The topological polar surface area (TPSA) is 29.5 Å². The summed E-state index contributed by atoms with van der Waals surface area (Å²) in [6.07, 6.45) is 0.592. The third-order valence-electron chi connectivity index (χ3n) is 3.41. The SMILES string of the molecule is CC(C)Oc1ccc(C(O)(CCCl)c2ccccc2)cc1. The molecule has 3 heteroatoms. The molecule has 0 amide bonds. The fraction of sp³-hybridized carbons (Fsp3) is 0.333. The lowest BCUT2D eigenvalue weighted by Crippen LogP contribution is -2.27. The molecule has 2 aromatic carbocycles. The van der Waals surface area contributed by atoms with E-state index in [1.807, 2.05) is 68.4 Å². The van der Waals surface area contributed by atoms with E-state index in [2.05, 4.69) is 0 Å². The second kappa shape index (κ2) is 6.97. The Hall–Kier alpha value is -1.51. The van der Waals surface area contributed by atoms with Crippen molar-refractivity contribution in [2.45, 2.75) is 32.0 Å². The maximum Gasteiger partial charge on any atom is 0.119 e. The Morgan fingerprint density at radius 1 is 1.00 bits per heavy atom. The van der Waals surface area contributed by atoms with E-state index in [0.29, 0.717) is 12.3 Å². The molecule has 0 aliphatic heterocycles. The van der Waals surface area contributed by atoms with Crippen LogP contribution in [-0.2, 0) is 5.60 Å². The molecule has 2 aromatic rings. The molecule has 112 valence electrons. The van der Waals surface area contributed by atoms with Crippen LogP contribution in [0.3, 0.4) is 0 Å². The number of halogens is 1. The van der Waals surface area contributed by atoms with Gasteiger partial charge in [-0.3, -0.25) is 0 Å². The third-order valence-corrected chi connectivity index (χ3v) is 3.60. The van der Waals surface area contributed by atoms with Crippen molar-refractivity contribution in [3.05, 3.63) is 65.7 Å². The molecular weight excluding hydrogens is 284 g/mol. The monoisotopic (exact) mass is 304 g/mol. The van der Waals surface area contributed by atoms with Crippen LogP contribution < -0.4 is 4.74 Å². The standard InChI is InChI=1S/C18H21ClO2/c1-14(2)21-17-10-8-16(9-11-17)18(20,12-13-19)15-6-4-3-5-7-15/h3-11,14,20H,12-13H2,1-2H3. The highest BCUT2D eigenvalue weighted by molar-refractivity contribution is 6.17. The molecule has 0 saturated carbocycles. The summed E-state index contributed by atoms with van der Waals surface area (Å²) in [6.45, 7) is 3.98. The summed E-state index contributed by atoms with van der Waals surface area (Å²) in [6, 6.07) is 17.2. The first-order chi connectivity index (χ1) is 10.1. The average molecular weight is 305 g/mol. The van der Waals surface area contributed by atoms with Gasteiger partial charge in [0.25, 0.3) is 0 Å². The van der Waals surface area contributed by atoms with Gasteiger partial charge in [0.05, 0.1) is 6.10 Å². The van der Waals surface area contributed by atoms with Gasteiger partial charge in [-0.05, 0) is 43.5 Å². The molecule has 0 bridgehead atoms. The molecule has 0 fully saturated rings. The van der Waals surface area contributed by atoms with Crippen LogP contribution in [0.1, 0.15) is 31.4 Å². The summed E-state index contributed by atoms with van der Waals surface area (Å²) in [4.78, 5) is 0. The van der Waals surface area contributed by atoms with E-state index in [4.69, 9.17) is 16.3 Å². The van der Waals surface area contributed by atoms with Gasteiger partial charge >= 0.3 is 0 Å². The normalized spacial score (nSPS) is 14.0. The fourth-order valence-corrected chi connectivity index (χ4v) is 2.66. The van der Waals surface area contributed by atoms with Gasteiger partial charge in [-0.15, -0.1) is 11.6 Å². The highest BCUT2D eigenvalue weighted by atomic mass is 35.5. The Morgan fingerprint density at radius 3 is 2.10 bits per heavy atom. The Balaban J connectivity index is 2.34. The van der Waals surface area contributed by atoms with Crippen LogP contribution in [0.4, 0.5) is 0 Å². The van der Waals surface area contributed by atoms with E-state index < -0.39 is 5.60 Å². The molecule has 1 atom stereocenters. The van der Waals surface area contributed by atoms with Crippen LogP contribution in [0.5, 0.6) is 5.75 Å². The van der Waals surface area contributed by atoms with E-state index in [1.54, 1.807) is 0 Å².